The number of esters is 2. The van der Waals surface area contributed by atoms with Gasteiger partial charge in [-0.25, -0.2) is 14.2 Å². The average Bonchev–Trinajstić information content (AvgIpc) is 3.70. The molecule has 2 aromatic rings. The van der Waals surface area contributed by atoms with Crippen LogP contribution in [0.3, 0.4) is 0 Å². The number of halogens is 1. The van der Waals surface area contributed by atoms with Gasteiger partial charge in [-0.1, -0.05) is 39.8 Å². The predicted octanol–water partition coefficient (Wildman–Crippen LogP) is 5.43. The first-order valence-electron chi connectivity index (χ1n) is 22.8. The van der Waals surface area contributed by atoms with E-state index in [-0.39, 0.29) is 38.2 Å². The van der Waals surface area contributed by atoms with E-state index in [2.05, 4.69) is 20.4 Å². The summed E-state index contributed by atoms with van der Waals surface area (Å²) >= 11 is 1.40. The SMILES string of the molecule is CCC(=O)NC1=C(C)[C@@H](OCC(CC)=NOCc2ccc(-c3nc(N)cs3)cn2)[C@](C)(O)[C@@H](CC)OC(=O)[C@@](C)(F)C(=O)[C@H](C)[C@@H](O[C@@H]2O[C@H](C)C[C@H](N(C)C)[C@H]2OC(C)=O)[C@](C)(O)C[C@H]1C. The van der Waals surface area contributed by atoms with E-state index in [9.17, 15) is 29.4 Å². The van der Waals surface area contributed by atoms with E-state index >= 15 is 4.39 Å². The number of aliphatic hydroxyl groups is 2. The second-order valence-electron chi connectivity index (χ2n) is 18.4. The molecule has 0 radical (unpaired) electrons. The van der Waals surface area contributed by atoms with Gasteiger partial charge in [-0.3, -0.25) is 19.4 Å². The van der Waals surface area contributed by atoms with Gasteiger partial charge in [0.05, 0.1) is 41.9 Å². The molecule has 5 N–H and O–H groups in total. The van der Waals surface area contributed by atoms with Gasteiger partial charge < -0.3 is 54.7 Å². The molecule has 0 saturated carbocycles. The lowest BCUT2D eigenvalue weighted by Crippen LogP contribution is -2.61. The summed E-state index contributed by atoms with van der Waals surface area (Å²) in [4.78, 5) is 70.3. The average molecular weight is 963 g/mol. The highest BCUT2D eigenvalue weighted by Gasteiger charge is 2.55. The summed E-state index contributed by atoms with van der Waals surface area (Å²) in [6, 6.07) is 3.20. The molecule has 18 nitrogen and oxygen atoms in total. The Hall–Kier alpha value is -4.44. The Morgan fingerprint density at radius 2 is 1.79 bits per heavy atom. The second-order valence-corrected chi connectivity index (χ2v) is 19.3. The van der Waals surface area contributed by atoms with Gasteiger partial charge in [0.25, 0.3) is 5.67 Å². The van der Waals surface area contributed by atoms with Crippen LogP contribution in [0, 0.1) is 11.8 Å². The smallest absolute Gasteiger partial charge is 0.351 e. The molecule has 0 aromatic carbocycles. The molecule has 1 saturated heterocycles. The number of nitrogens with zero attached hydrogens (tertiary/aromatic N) is 4. The van der Waals surface area contributed by atoms with Crippen molar-refractivity contribution < 1.29 is 62.3 Å². The number of hydrogen-bond acceptors (Lipinski definition) is 18. The van der Waals surface area contributed by atoms with Gasteiger partial charge in [0.1, 0.15) is 28.6 Å². The fourth-order valence-electron chi connectivity index (χ4n) is 8.77. The lowest BCUT2D eigenvalue weighted by molar-refractivity contribution is -0.296. The first-order valence-corrected chi connectivity index (χ1v) is 23.7. The number of carbonyl (C=O) groups excluding carboxylic acids is 4. The lowest BCUT2D eigenvalue weighted by atomic mass is 9.76. The van der Waals surface area contributed by atoms with Crippen molar-refractivity contribution in [3.8, 4) is 10.6 Å². The van der Waals surface area contributed by atoms with Crippen LogP contribution in [0.15, 0.2) is 40.1 Å². The number of amides is 1. The maximum Gasteiger partial charge on any atom is 0.351 e. The van der Waals surface area contributed by atoms with Crippen molar-refractivity contribution in [2.45, 2.75) is 175 Å². The van der Waals surface area contributed by atoms with Crippen molar-refractivity contribution in [1.29, 1.82) is 0 Å². The number of carbonyl (C=O) groups is 4. The number of pyridine rings is 1. The molecular weight excluding hydrogens is 892 g/mol. The minimum Gasteiger partial charge on any atom is -0.457 e. The van der Waals surface area contributed by atoms with E-state index in [0.29, 0.717) is 35.6 Å². The summed E-state index contributed by atoms with van der Waals surface area (Å²) in [5.41, 5.74) is 0.620. The van der Waals surface area contributed by atoms with E-state index in [1.165, 1.54) is 39.0 Å². The van der Waals surface area contributed by atoms with E-state index in [1.807, 2.05) is 17.9 Å². The van der Waals surface area contributed by atoms with Crippen molar-refractivity contribution in [3.05, 3.63) is 40.7 Å². The van der Waals surface area contributed by atoms with E-state index in [0.717, 1.165) is 17.5 Å². The topological polar surface area (TPSA) is 244 Å². The van der Waals surface area contributed by atoms with Gasteiger partial charge in [-0.05, 0) is 98.0 Å². The van der Waals surface area contributed by atoms with Crippen LogP contribution < -0.4 is 11.1 Å². The number of nitrogens with one attached hydrogen (secondary N) is 1. The van der Waals surface area contributed by atoms with E-state index < -0.39 is 95.2 Å². The molecule has 1 amide bonds. The zero-order valence-electron chi connectivity index (χ0n) is 41.1. The molecule has 0 bridgehead atoms. The maximum absolute atomic E-state index is 17.0. The molecule has 1 fully saturated rings. The molecule has 2 aliphatic rings. The number of hydrogen-bond donors (Lipinski definition) is 4. The number of oxime groups is 1. The number of nitrogens with two attached hydrogens (primary N) is 1. The Bertz CT molecular complexity index is 2090. The number of Topliss-reactive ketones (excluding diaryl/α,β-unsaturated/α-hetero) is 1. The van der Waals surface area contributed by atoms with Gasteiger partial charge in [-0.15, -0.1) is 11.3 Å². The normalized spacial score (nSPS) is 32.7. The zero-order valence-corrected chi connectivity index (χ0v) is 41.9. The molecule has 4 heterocycles. The Morgan fingerprint density at radius 1 is 1.10 bits per heavy atom. The van der Waals surface area contributed by atoms with Crippen LogP contribution in [0.2, 0.25) is 0 Å². The fraction of sp³-hybridized carbons (Fsp3) is 0.681. The number of aromatic nitrogens is 2. The molecule has 0 unspecified atom stereocenters. The number of likely N-dealkylation sites (N-methyl/N-ethyl adjacent to an activating group) is 1. The number of alkyl halides is 1. The molecule has 0 spiro atoms. The molecule has 2 aliphatic heterocycles. The van der Waals surface area contributed by atoms with Gasteiger partial charge in [0.2, 0.25) is 5.91 Å². The summed E-state index contributed by atoms with van der Waals surface area (Å²) in [6.07, 6.45) is -5.05. The fourth-order valence-corrected chi connectivity index (χ4v) is 9.47. The monoisotopic (exact) mass is 962 g/mol. The van der Waals surface area contributed by atoms with Crippen molar-refractivity contribution >= 4 is 46.5 Å². The van der Waals surface area contributed by atoms with Gasteiger partial charge in [0.15, 0.2) is 24.8 Å². The molecule has 374 valence electrons. The highest BCUT2D eigenvalue weighted by molar-refractivity contribution is 7.13. The third kappa shape index (κ3) is 13.6. The van der Waals surface area contributed by atoms with Crippen molar-refractivity contribution in [2.24, 2.45) is 17.0 Å². The molecule has 4 rings (SSSR count). The van der Waals surface area contributed by atoms with Gasteiger partial charge in [0, 0.05) is 42.1 Å². The van der Waals surface area contributed by atoms with Crippen LogP contribution in [-0.4, -0.2) is 135 Å². The second kappa shape index (κ2) is 23.2. The maximum atomic E-state index is 17.0. The number of ether oxygens (including phenoxy) is 5. The zero-order chi connectivity index (χ0) is 50.2. The molecule has 2 aromatic heterocycles. The largest absolute Gasteiger partial charge is 0.457 e. The molecule has 0 aliphatic carbocycles. The number of nitrogen functional groups attached to an aromatic ring is 1. The van der Waals surface area contributed by atoms with Crippen molar-refractivity contribution in [1.82, 2.24) is 20.2 Å². The standard InChI is InChI=1S/C47H71FN6O12S/c1-14-31(53-62-23-32-18-17-30(21-50-32)42-51-35(49)24-67-42)22-61-41-27(6)37(52-36(56)16-3)25(4)20-45(9,59)40(66-43-38(64-29(8)55)33(54(12)13)19-26(5)63-43)28(7)39(57)46(10,48)44(58)65-34(15-2)47(41,11)60/h17-18,21,24-26,28,33-34,38,40-41,43,59-60H,14-16,19-20,22-23,49H2,1-13H3,(H,52,56)/t25-,26-,28+,33+,34-,38-,40-,41-,43+,45-,46+,47-/m1/s1. The number of allylic oxidation sites excluding steroid dienone is 1. The van der Waals surface area contributed by atoms with Crippen molar-refractivity contribution in [3.63, 3.8) is 0 Å². The van der Waals surface area contributed by atoms with Gasteiger partial charge >= 0.3 is 11.9 Å². The molecular formula is C47H71FN6O12S. The van der Waals surface area contributed by atoms with Crippen LogP contribution in [0.25, 0.3) is 10.6 Å². The summed E-state index contributed by atoms with van der Waals surface area (Å²) in [6.45, 7) is 16.1. The molecule has 12 atom stereocenters. The Morgan fingerprint density at radius 3 is 2.34 bits per heavy atom. The number of ketones is 1. The summed E-state index contributed by atoms with van der Waals surface area (Å²) in [5, 5.41) is 34.9. The minimum absolute atomic E-state index is 0.0128. The predicted molar refractivity (Wildman–Crippen MR) is 249 cm³/mol. The van der Waals surface area contributed by atoms with Crippen LogP contribution in [-0.2, 0) is 54.3 Å². The summed E-state index contributed by atoms with van der Waals surface area (Å²) in [7, 11) is 3.59. The highest BCUT2D eigenvalue weighted by Crippen LogP contribution is 2.40. The lowest BCUT2D eigenvalue weighted by Gasteiger charge is -2.47. The van der Waals surface area contributed by atoms with Crippen LogP contribution in [0.1, 0.15) is 114 Å². The quantitative estimate of drug-likeness (QED) is 0.0752. The summed E-state index contributed by atoms with van der Waals surface area (Å²) < 4.78 is 47.7. The first kappa shape index (κ1) is 55.2. The van der Waals surface area contributed by atoms with E-state index in [1.54, 1.807) is 66.4 Å². The third-order valence-corrected chi connectivity index (χ3v) is 13.3. The number of thiazole rings is 1. The highest BCUT2D eigenvalue weighted by atomic mass is 32.1. The minimum atomic E-state index is -3.32. The van der Waals surface area contributed by atoms with Crippen LogP contribution in [0.5, 0.6) is 0 Å². The number of cyclic esters (lactones) is 1. The summed E-state index contributed by atoms with van der Waals surface area (Å²) in [5.74, 6) is -5.79. The number of rotatable bonds is 15. The van der Waals surface area contributed by atoms with Crippen molar-refractivity contribution in [2.75, 3.05) is 26.4 Å². The Balaban J connectivity index is 1.79. The molecule has 67 heavy (non-hydrogen) atoms. The van der Waals surface area contributed by atoms with E-state index in [4.69, 9.17) is 34.3 Å². The Labute approximate surface area is 397 Å². The van der Waals surface area contributed by atoms with Gasteiger partial charge in [-0.2, -0.15) is 0 Å². The first-order chi connectivity index (χ1) is 31.3. The third-order valence-electron chi connectivity index (χ3n) is 12.4. The number of anilines is 1. The Kier molecular flexibility index (Phi) is 19.1. The van der Waals surface area contributed by atoms with Crippen LogP contribution >= 0.6 is 11.3 Å². The molecule has 20 heteroatoms. The van der Waals surface area contributed by atoms with Crippen LogP contribution in [0.4, 0.5) is 10.2 Å².